The number of carbonyl (C=O) groups is 1. The number of halogens is 2. The van der Waals surface area contributed by atoms with Gasteiger partial charge in [0, 0.05) is 17.0 Å². The topological polar surface area (TPSA) is 48.4 Å². The second-order valence-electron chi connectivity index (χ2n) is 5.04. The maximum absolute atomic E-state index is 13.1. The molecule has 0 spiro atoms. The minimum Gasteiger partial charge on any atom is -0.488 e. The van der Waals surface area contributed by atoms with Gasteiger partial charge >= 0.3 is 5.97 Å². The predicted molar refractivity (Wildman–Crippen MR) is 88.8 cm³/mol. The number of ether oxygens (including phenoxy) is 2. The van der Waals surface area contributed by atoms with Gasteiger partial charge in [0.2, 0.25) is 0 Å². The summed E-state index contributed by atoms with van der Waals surface area (Å²) in [5.74, 6) is -0.488. The first-order valence-corrected chi connectivity index (χ1v) is 7.51. The molecule has 0 N–H and O–H groups in total. The molecule has 0 unspecified atom stereocenters. The number of rotatable bonds is 4. The van der Waals surface area contributed by atoms with Crippen molar-refractivity contribution in [2.45, 2.75) is 6.61 Å². The molecule has 3 rings (SSSR count). The summed E-state index contributed by atoms with van der Waals surface area (Å²) in [4.78, 5) is 16.0. The maximum Gasteiger partial charge on any atom is 0.356 e. The van der Waals surface area contributed by atoms with Crippen LogP contribution in [0.4, 0.5) is 4.39 Å². The van der Waals surface area contributed by atoms with E-state index in [1.54, 1.807) is 12.1 Å². The largest absolute Gasteiger partial charge is 0.488 e. The van der Waals surface area contributed by atoms with Crippen molar-refractivity contribution in [3.05, 3.63) is 70.6 Å². The van der Waals surface area contributed by atoms with Crippen LogP contribution in [0.25, 0.3) is 10.9 Å². The Morgan fingerprint density at radius 2 is 2.00 bits per heavy atom. The summed E-state index contributed by atoms with van der Waals surface area (Å²) in [7, 11) is 1.29. The van der Waals surface area contributed by atoms with Crippen molar-refractivity contribution in [2.24, 2.45) is 0 Å². The fourth-order valence-electron chi connectivity index (χ4n) is 2.27. The van der Waals surface area contributed by atoms with Crippen LogP contribution in [-0.4, -0.2) is 18.1 Å². The van der Waals surface area contributed by atoms with Gasteiger partial charge in [-0.05, 0) is 24.3 Å². The van der Waals surface area contributed by atoms with Crippen LogP contribution in [0.15, 0.2) is 48.5 Å². The van der Waals surface area contributed by atoms with Crippen LogP contribution in [0.1, 0.15) is 16.1 Å². The number of aromatic nitrogens is 1. The third-order valence-electron chi connectivity index (χ3n) is 3.47. The summed E-state index contributed by atoms with van der Waals surface area (Å²) in [5, 5.41) is 1.03. The van der Waals surface area contributed by atoms with Crippen LogP contribution in [0.2, 0.25) is 5.02 Å². The number of esters is 1. The van der Waals surface area contributed by atoms with Gasteiger partial charge in [-0.2, -0.15) is 0 Å². The van der Waals surface area contributed by atoms with Crippen molar-refractivity contribution in [2.75, 3.05) is 7.11 Å². The van der Waals surface area contributed by atoms with E-state index in [2.05, 4.69) is 4.98 Å². The molecule has 0 saturated carbocycles. The minimum atomic E-state index is -0.551. The van der Waals surface area contributed by atoms with Crippen LogP contribution in [0, 0.1) is 5.82 Å². The summed E-state index contributed by atoms with van der Waals surface area (Å²) in [5.41, 5.74) is 1.40. The van der Waals surface area contributed by atoms with E-state index < -0.39 is 11.8 Å². The van der Waals surface area contributed by atoms with Gasteiger partial charge in [-0.3, -0.25) is 0 Å². The summed E-state index contributed by atoms with van der Waals surface area (Å²) >= 11 is 6.01. The van der Waals surface area contributed by atoms with Gasteiger partial charge < -0.3 is 9.47 Å². The van der Waals surface area contributed by atoms with Crippen molar-refractivity contribution in [3.63, 3.8) is 0 Å². The van der Waals surface area contributed by atoms with Crippen molar-refractivity contribution < 1.29 is 18.7 Å². The average molecular weight is 346 g/mol. The third-order valence-corrected chi connectivity index (χ3v) is 3.82. The lowest BCUT2D eigenvalue weighted by Gasteiger charge is -2.11. The van der Waals surface area contributed by atoms with Crippen molar-refractivity contribution in [1.29, 1.82) is 0 Å². The molecule has 0 aliphatic rings. The highest BCUT2D eigenvalue weighted by molar-refractivity contribution is 6.31. The summed E-state index contributed by atoms with van der Waals surface area (Å²) < 4.78 is 23.6. The van der Waals surface area contributed by atoms with Gasteiger partial charge in [0.1, 0.15) is 18.2 Å². The van der Waals surface area contributed by atoms with Gasteiger partial charge in [0.25, 0.3) is 0 Å². The van der Waals surface area contributed by atoms with E-state index in [0.29, 0.717) is 16.8 Å². The van der Waals surface area contributed by atoms with Gasteiger partial charge in [-0.25, -0.2) is 14.2 Å². The third kappa shape index (κ3) is 3.31. The molecular formula is C18H13ClFNO3. The molecule has 4 nitrogen and oxygen atoms in total. The number of carbonyl (C=O) groups excluding carboxylic acids is 1. The average Bonchev–Trinajstić information content (AvgIpc) is 2.59. The van der Waals surface area contributed by atoms with Crippen molar-refractivity contribution >= 4 is 28.5 Å². The normalized spacial score (nSPS) is 10.6. The number of methoxy groups -OCH3 is 1. The Bertz CT molecular complexity index is 914. The molecule has 1 aromatic heterocycles. The molecule has 0 aliphatic carbocycles. The quantitative estimate of drug-likeness (QED) is 0.658. The van der Waals surface area contributed by atoms with E-state index in [-0.39, 0.29) is 17.3 Å². The fraction of sp³-hybridized carbons (Fsp3) is 0.111. The highest BCUT2D eigenvalue weighted by atomic mass is 35.5. The molecule has 0 aliphatic heterocycles. The Labute approximate surface area is 142 Å². The molecule has 0 bridgehead atoms. The second-order valence-corrected chi connectivity index (χ2v) is 5.45. The zero-order valence-electron chi connectivity index (χ0n) is 12.8. The maximum atomic E-state index is 13.1. The molecule has 0 atom stereocenters. The number of nitrogens with zero attached hydrogens (tertiary/aromatic N) is 1. The lowest BCUT2D eigenvalue weighted by Crippen LogP contribution is -2.06. The monoisotopic (exact) mass is 345 g/mol. The second kappa shape index (κ2) is 6.84. The van der Waals surface area contributed by atoms with E-state index >= 15 is 0 Å². The SMILES string of the molecule is COC(=O)c1cc(OCc2ccc(F)cc2Cl)c2ccccc2n1. The first kappa shape index (κ1) is 16.2. The Balaban J connectivity index is 1.96. The van der Waals surface area contributed by atoms with Gasteiger partial charge in [-0.1, -0.05) is 29.8 Å². The highest BCUT2D eigenvalue weighted by Gasteiger charge is 2.13. The summed E-state index contributed by atoms with van der Waals surface area (Å²) in [6.07, 6.45) is 0. The zero-order chi connectivity index (χ0) is 17.1. The van der Waals surface area contributed by atoms with Gasteiger partial charge in [0.05, 0.1) is 17.6 Å². The Hall–Kier alpha value is -2.66. The first-order valence-electron chi connectivity index (χ1n) is 7.13. The molecule has 122 valence electrons. The van der Waals surface area contributed by atoms with E-state index in [9.17, 15) is 9.18 Å². The van der Waals surface area contributed by atoms with Crippen LogP contribution in [0.3, 0.4) is 0 Å². The number of fused-ring (bicyclic) bond motifs is 1. The molecule has 2 aromatic carbocycles. The Kier molecular flexibility index (Phi) is 4.62. The molecular weight excluding hydrogens is 333 g/mol. The van der Waals surface area contributed by atoms with E-state index in [1.165, 1.54) is 25.3 Å². The molecule has 0 amide bonds. The Morgan fingerprint density at radius 1 is 1.21 bits per heavy atom. The number of hydrogen-bond acceptors (Lipinski definition) is 4. The number of benzene rings is 2. The minimum absolute atomic E-state index is 0.133. The fourth-order valence-corrected chi connectivity index (χ4v) is 2.49. The molecule has 0 radical (unpaired) electrons. The summed E-state index contributed by atoms with van der Waals surface area (Å²) in [6, 6.07) is 12.9. The first-order chi connectivity index (χ1) is 11.6. The van der Waals surface area contributed by atoms with Gasteiger partial charge in [0.15, 0.2) is 5.69 Å². The van der Waals surface area contributed by atoms with E-state index in [4.69, 9.17) is 21.1 Å². The van der Waals surface area contributed by atoms with Crippen LogP contribution in [-0.2, 0) is 11.3 Å². The van der Waals surface area contributed by atoms with Crippen molar-refractivity contribution in [3.8, 4) is 5.75 Å². The van der Waals surface area contributed by atoms with E-state index in [1.807, 2.05) is 18.2 Å². The van der Waals surface area contributed by atoms with E-state index in [0.717, 1.165) is 5.39 Å². The summed E-state index contributed by atoms with van der Waals surface area (Å²) in [6.45, 7) is 0.133. The molecule has 24 heavy (non-hydrogen) atoms. The number of pyridine rings is 1. The standard InChI is InChI=1S/C18H13ClFNO3/c1-23-18(22)16-9-17(13-4-2-3-5-15(13)21-16)24-10-11-6-7-12(20)8-14(11)19/h2-9H,10H2,1H3. The molecule has 3 aromatic rings. The molecule has 1 heterocycles. The molecule has 6 heteroatoms. The van der Waals surface area contributed by atoms with Gasteiger partial charge in [-0.15, -0.1) is 0 Å². The predicted octanol–water partition coefficient (Wildman–Crippen LogP) is 4.39. The number of para-hydroxylation sites is 1. The lowest BCUT2D eigenvalue weighted by molar-refractivity contribution is 0.0594. The van der Waals surface area contributed by atoms with Crippen LogP contribution < -0.4 is 4.74 Å². The van der Waals surface area contributed by atoms with Crippen molar-refractivity contribution in [1.82, 2.24) is 4.98 Å². The Morgan fingerprint density at radius 3 is 2.75 bits per heavy atom. The van der Waals surface area contributed by atoms with Crippen LogP contribution in [0.5, 0.6) is 5.75 Å². The number of hydrogen-bond donors (Lipinski definition) is 0. The lowest BCUT2D eigenvalue weighted by atomic mass is 10.1. The zero-order valence-corrected chi connectivity index (χ0v) is 13.5. The highest BCUT2D eigenvalue weighted by Crippen LogP contribution is 2.27. The smallest absolute Gasteiger partial charge is 0.356 e. The molecule has 0 saturated heterocycles. The van der Waals surface area contributed by atoms with Crippen LogP contribution >= 0.6 is 11.6 Å². The molecule has 0 fully saturated rings.